The van der Waals surface area contributed by atoms with Crippen LogP contribution in [0.2, 0.25) is 0 Å². The van der Waals surface area contributed by atoms with Gasteiger partial charge in [0.2, 0.25) is 5.91 Å². The molecular formula is C17H23N5O2. The van der Waals surface area contributed by atoms with Crippen LogP contribution in [0.3, 0.4) is 0 Å². The molecule has 2 aliphatic rings. The van der Waals surface area contributed by atoms with E-state index in [0.29, 0.717) is 5.92 Å². The maximum atomic E-state index is 12.6. The zero-order valence-electron chi connectivity index (χ0n) is 13.9. The summed E-state index contributed by atoms with van der Waals surface area (Å²) in [5.41, 5.74) is 1.46. The molecule has 1 atom stereocenters. The summed E-state index contributed by atoms with van der Waals surface area (Å²) in [7, 11) is 0. The highest BCUT2D eigenvalue weighted by atomic mass is 16.5. The van der Waals surface area contributed by atoms with Crippen molar-refractivity contribution >= 4 is 17.2 Å². The molecule has 1 unspecified atom stereocenters. The van der Waals surface area contributed by atoms with Crippen LogP contribution in [0.5, 0.6) is 0 Å². The van der Waals surface area contributed by atoms with Crippen LogP contribution >= 0.6 is 0 Å². The van der Waals surface area contributed by atoms with Crippen molar-refractivity contribution in [3.63, 3.8) is 0 Å². The lowest BCUT2D eigenvalue weighted by Crippen LogP contribution is -2.41. The van der Waals surface area contributed by atoms with Crippen LogP contribution < -0.4 is 5.32 Å². The van der Waals surface area contributed by atoms with Crippen molar-refractivity contribution in [3.8, 4) is 0 Å². The average Bonchev–Trinajstić information content (AvgIpc) is 3.35. The van der Waals surface area contributed by atoms with Gasteiger partial charge in [-0.25, -0.2) is 9.50 Å². The molecule has 0 spiro atoms. The van der Waals surface area contributed by atoms with Crippen molar-refractivity contribution < 1.29 is 9.53 Å². The van der Waals surface area contributed by atoms with Crippen LogP contribution in [-0.4, -0.2) is 58.3 Å². The lowest BCUT2D eigenvalue weighted by Gasteiger charge is -2.28. The Morgan fingerprint density at radius 2 is 2.21 bits per heavy atom. The van der Waals surface area contributed by atoms with Gasteiger partial charge < -0.3 is 10.1 Å². The predicted octanol–water partition coefficient (Wildman–Crippen LogP) is 1.51. The smallest absolute Gasteiger partial charge is 0.228 e. The Hall–Kier alpha value is -1.99. The molecule has 3 heterocycles. The third-order valence-electron chi connectivity index (χ3n) is 4.66. The summed E-state index contributed by atoms with van der Waals surface area (Å²) in [6, 6.07) is 3.78. The molecule has 1 saturated heterocycles. The molecule has 128 valence electrons. The number of hydrogen-bond acceptors (Lipinski definition) is 5. The zero-order chi connectivity index (χ0) is 16.5. The van der Waals surface area contributed by atoms with E-state index in [-0.39, 0.29) is 11.8 Å². The number of carbonyl (C=O) groups is 1. The Balaban J connectivity index is 1.45. The number of hydrogen-bond donors (Lipinski definition) is 1. The first kappa shape index (κ1) is 15.5. The third kappa shape index (κ3) is 3.27. The first-order valence-corrected chi connectivity index (χ1v) is 8.67. The molecule has 24 heavy (non-hydrogen) atoms. The van der Waals surface area contributed by atoms with Crippen LogP contribution in [0.1, 0.15) is 31.5 Å². The Morgan fingerprint density at radius 1 is 1.42 bits per heavy atom. The minimum absolute atomic E-state index is 0.0190. The summed E-state index contributed by atoms with van der Waals surface area (Å²) in [6.07, 6.45) is 4.20. The van der Waals surface area contributed by atoms with Gasteiger partial charge >= 0.3 is 0 Å². The molecule has 2 aromatic rings. The van der Waals surface area contributed by atoms with Crippen molar-refractivity contribution in [1.29, 1.82) is 0 Å². The molecule has 7 nitrogen and oxygen atoms in total. The summed E-state index contributed by atoms with van der Waals surface area (Å²) in [4.78, 5) is 19.4. The number of fused-ring (bicyclic) bond motifs is 1. The predicted molar refractivity (Wildman–Crippen MR) is 90.0 cm³/mol. The number of amides is 1. The van der Waals surface area contributed by atoms with Gasteiger partial charge in [0, 0.05) is 37.7 Å². The van der Waals surface area contributed by atoms with E-state index in [9.17, 15) is 4.79 Å². The van der Waals surface area contributed by atoms with E-state index in [1.165, 1.54) is 0 Å². The Bertz CT molecular complexity index is 734. The van der Waals surface area contributed by atoms with Crippen LogP contribution in [0.25, 0.3) is 5.65 Å². The molecule has 0 bridgehead atoms. The van der Waals surface area contributed by atoms with Gasteiger partial charge in [0.1, 0.15) is 0 Å². The van der Waals surface area contributed by atoms with Gasteiger partial charge in [-0.05, 0) is 25.0 Å². The molecule has 1 saturated carbocycles. The lowest BCUT2D eigenvalue weighted by molar-refractivity contribution is -0.120. The fraction of sp³-hybridized carbons (Fsp3) is 0.588. The van der Waals surface area contributed by atoms with Gasteiger partial charge in [0.15, 0.2) is 11.5 Å². The topological polar surface area (TPSA) is 71.8 Å². The van der Waals surface area contributed by atoms with Crippen molar-refractivity contribution in [2.24, 2.45) is 5.92 Å². The number of aromatic nitrogens is 3. The highest BCUT2D eigenvalue weighted by Crippen LogP contribution is 2.38. The second kappa shape index (κ2) is 6.49. The molecule has 1 aliphatic carbocycles. The van der Waals surface area contributed by atoms with E-state index in [4.69, 9.17) is 4.74 Å². The number of rotatable bonds is 5. The molecule has 1 N–H and O–H groups in total. The number of morpholine rings is 1. The summed E-state index contributed by atoms with van der Waals surface area (Å²) in [6.45, 7) is 5.99. The average molecular weight is 329 g/mol. The minimum Gasteiger partial charge on any atom is -0.379 e. The summed E-state index contributed by atoms with van der Waals surface area (Å²) in [5, 5.41) is 7.54. The van der Waals surface area contributed by atoms with Gasteiger partial charge in [0.25, 0.3) is 0 Å². The summed E-state index contributed by atoms with van der Waals surface area (Å²) >= 11 is 0. The van der Waals surface area contributed by atoms with E-state index in [2.05, 4.69) is 20.3 Å². The lowest BCUT2D eigenvalue weighted by atomic mass is 10.1. The van der Waals surface area contributed by atoms with Gasteiger partial charge in [-0.2, -0.15) is 5.10 Å². The van der Waals surface area contributed by atoms with Crippen LogP contribution in [-0.2, 0) is 9.53 Å². The number of pyridine rings is 1. The summed E-state index contributed by atoms with van der Waals surface area (Å²) in [5.74, 6) is 1.31. The zero-order valence-corrected chi connectivity index (χ0v) is 13.9. The van der Waals surface area contributed by atoms with E-state index >= 15 is 0 Å². The first-order chi connectivity index (χ1) is 11.7. The van der Waals surface area contributed by atoms with Crippen molar-refractivity contribution in [2.45, 2.75) is 25.7 Å². The van der Waals surface area contributed by atoms with Crippen LogP contribution in [0.15, 0.2) is 18.3 Å². The molecule has 0 radical (unpaired) electrons. The molecular weight excluding hydrogens is 306 g/mol. The number of ether oxygens (including phenoxy) is 1. The van der Waals surface area contributed by atoms with E-state index in [1.54, 1.807) is 4.52 Å². The maximum absolute atomic E-state index is 12.6. The van der Waals surface area contributed by atoms with E-state index in [0.717, 1.165) is 62.8 Å². The largest absolute Gasteiger partial charge is 0.379 e. The molecule has 7 heteroatoms. The fourth-order valence-corrected chi connectivity index (χ4v) is 3.04. The number of nitrogens with zero attached hydrogens (tertiary/aromatic N) is 4. The van der Waals surface area contributed by atoms with E-state index in [1.807, 2.05) is 25.3 Å². The van der Waals surface area contributed by atoms with E-state index < -0.39 is 0 Å². The van der Waals surface area contributed by atoms with Gasteiger partial charge in [0.05, 0.1) is 18.9 Å². The number of nitrogens with one attached hydrogen (secondary N) is 1. The second-order valence-electron chi connectivity index (χ2n) is 6.74. The Morgan fingerprint density at radius 3 is 2.96 bits per heavy atom. The number of carbonyl (C=O) groups excluding carboxylic acids is 1. The van der Waals surface area contributed by atoms with Gasteiger partial charge in [-0.15, -0.1) is 0 Å². The second-order valence-corrected chi connectivity index (χ2v) is 6.74. The Labute approximate surface area is 141 Å². The van der Waals surface area contributed by atoms with Crippen molar-refractivity contribution in [2.75, 3.05) is 38.2 Å². The normalized spacial score (nSPS) is 20.2. The van der Waals surface area contributed by atoms with Crippen LogP contribution in [0.4, 0.5) is 5.69 Å². The quantitative estimate of drug-likeness (QED) is 0.900. The standard InChI is InChI=1S/C17H23N5O2/c1-12(11-21-7-9-24-10-8-21)17(23)18-14-3-2-6-22-16(14)19-15(20-22)13-4-5-13/h2-3,6,12-13H,4-5,7-11H2,1H3,(H,18,23). The Kier molecular flexibility index (Phi) is 4.20. The fourth-order valence-electron chi connectivity index (χ4n) is 3.04. The highest BCUT2D eigenvalue weighted by Gasteiger charge is 2.28. The molecule has 4 rings (SSSR count). The van der Waals surface area contributed by atoms with Gasteiger partial charge in [-0.1, -0.05) is 6.92 Å². The van der Waals surface area contributed by atoms with Crippen molar-refractivity contribution in [3.05, 3.63) is 24.2 Å². The first-order valence-electron chi connectivity index (χ1n) is 8.67. The molecule has 1 amide bonds. The van der Waals surface area contributed by atoms with Crippen molar-refractivity contribution in [1.82, 2.24) is 19.5 Å². The van der Waals surface area contributed by atoms with Gasteiger partial charge in [-0.3, -0.25) is 9.69 Å². The molecule has 0 aromatic carbocycles. The molecule has 2 aromatic heterocycles. The minimum atomic E-state index is -0.0887. The molecule has 1 aliphatic heterocycles. The maximum Gasteiger partial charge on any atom is 0.228 e. The third-order valence-corrected chi connectivity index (χ3v) is 4.66. The number of anilines is 1. The SMILES string of the molecule is CC(CN1CCOCC1)C(=O)Nc1cccn2nc(C3CC3)nc12. The van der Waals surface area contributed by atoms with Crippen LogP contribution in [0, 0.1) is 5.92 Å². The highest BCUT2D eigenvalue weighted by molar-refractivity contribution is 5.95. The monoisotopic (exact) mass is 329 g/mol. The molecule has 2 fully saturated rings. The summed E-state index contributed by atoms with van der Waals surface area (Å²) < 4.78 is 7.11.